The lowest BCUT2D eigenvalue weighted by atomic mass is 9.80. The summed E-state index contributed by atoms with van der Waals surface area (Å²) in [7, 11) is 0. The maximum absolute atomic E-state index is 13.2. The van der Waals surface area contributed by atoms with Gasteiger partial charge < -0.3 is 4.90 Å². The molecule has 1 aliphatic heterocycles. The zero-order chi connectivity index (χ0) is 14.2. The molecule has 1 amide bonds. The van der Waals surface area contributed by atoms with Crippen molar-refractivity contribution in [3.63, 3.8) is 0 Å². The van der Waals surface area contributed by atoms with Crippen LogP contribution in [0.25, 0.3) is 0 Å². The van der Waals surface area contributed by atoms with Crippen molar-refractivity contribution < 1.29 is 9.18 Å². The van der Waals surface area contributed by atoms with Crippen LogP contribution in [-0.4, -0.2) is 23.9 Å². The van der Waals surface area contributed by atoms with E-state index in [0.29, 0.717) is 16.0 Å². The molecule has 1 unspecified atom stereocenters. The largest absolute Gasteiger partial charge is 0.338 e. The molecule has 4 heteroatoms. The third-order valence-electron chi connectivity index (χ3n) is 3.87. The second-order valence-electron chi connectivity index (χ2n) is 6.23. The molecule has 0 spiro atoms. The van der Waals surface area contributed by atoms with Crippen LogP contribution in [-0.2, 0) is 0 Å². The minimum absolute atomic E-state index is 0.00699. The monoisotopic (exact) mass is 327 g/mol. The van der Waals surface area contributed by atoms with E-state index in [1.54, 1.807) is 12.1 Å². The normalized spacial score (nSPS) is 19.8. The van der Waals surface area contributed by atoms with Gasteiger partial charge in [0.15, 0.2) is 0 Å². The molecule has 0 bridgehead atoms. The van der Waals surface area contributed by atoms with E-state index in [4.69, 9.17) is 0 Å². The highest BCUT2D eigenvalue weighted by Gasteiger charge is 2.34. The van der Waals surface area contributed by atoms with Gasteiger partial charge in [0.05, 0.1) is 4.47 Å². The number of likely N-dealkylation sites (tertiary alicyclic amines) is 1. The van der Waals surface area contributed by atoms with Crippen LogP contribution >= 0.6 is 15.9 Å². The fourth-order valence-electron chi connectivity index (χ4n) is 2.46. The van der Waals surface area contributed by atoms with Gasteiger partial charge >= 0.3 is 0 Å². The Morgan fingerprint density at radius 2 is 2.11 bits per heavy atom. The average Bonchev–Trinajstić information content (AvgIpc) is 2.81. The maximum atomic E-state index is 13.2. The quantitative estimate of drug-likeness (QED) is 0.760. The van der Waals surface area contributed by atoms with Gasteiger partial charge in [-0.2, -0.15) is 0 Å². The van der Waals surface area contributed by atoms with Crippen LogP contribution in [0.5, 0.6) is 0 Å². The molecule has 0 saturated carbocycles. The molecule has 0 aliphatic carbocycles. The van der Waals surface area contributed by atoms with Gasteiger partial charge in [-0.05, 0) is 51.9 Å². The van der Waals surface area contributed by atoms with E-state index in [0.717, 1.165) is 19.5 Å². The fourth-order valence-corrected chi connectivity index (χ4v) is 2.84. The Kier molecular flexibility index (Phi) is 4.00. The van der Waals surface area contributed by atoms with Crippen LogP contribution in [0.1, 0.15) is 37.6 Å². The fraction of sp³-hybridized carbons (Fsp3) is 0.533. The molecule has 19 heavy (non-hydrogen) atoms. The molecule has 2 nitrogen and oxygen atoms in total. The molecule has 1 heterocycles. The van der Waals surface area contributed by atoms with E-state index in [1.165, 1.54) is 6.07 Å². The van der Waals surface area contributed by atoms with Crippen LogP contribution in [0, 0.1) is 17.2 Å². The van der Waals surface area contributed by atoms with Gasteiger partial charge in [-0.3, -0.25) is 4.79 Å². The summed E-state index contributed by atoms with van der Waals surface area (Å²) in [5, 5.41) is 0. The summed E-state index contributed by atoms with van der Waals surface area (Å²) in [6, 6.07) is 4.43. The van der Waals surface area contributed by atoms with E-state index in [-0.39, 0.29) is 17.1 Å². The molecule has 0 radical (unpaired) electrons. The van der Waals surface area contributed by atoms with Crippen molar-refractivity contribution in [3.05, 3.63) is 34.1 Å². The lowest BCUT2D eigenvalue weighted by molar-refractivity contribution is 0.0776. The predicted molar refractivity (Wildman–Crippen MR) is 77.6 cm³/mol. The van der Waals surface area contributed by atoms with Gasteiger partial charge in [-0.1, -0.05) is 20.8 Å². The van der Waals surface area contributed by atoms with E-state index < -0.39 is 0 Å². The number of hydrogen-bond acceptors (Lipinski definition) is 1. The second-order valence-corrected chi connectivity index (χ2v) is 7.09. The maximum Gasteiger partial charge on any atom is 0.253 e. The topological polar surface area (TPSA) is 20.3 Å². The van der Waals surface area contributed by atoms with Crippen molar-refractivity contribution >= 4 is 21.8 Å². The highest BCUT2D eigenvalue weighted by Crippen LogP contribution is 2.34. The zero-order valence-corrected chi connectivity index (χ0v) is 13.1. The van der Waals surface area contributed by atoms with Gasteiger partial charge in [0.2, 0.25) is 0 Å². The molecule has 1 aromatic carbocycles. The molecular formula is C15H19BrFNO. The predicted octanol–water partition coefficient (Wildman–Crippen LogP) is 4.10. The van der Waals surface area contributed by atoms with Crippen LogP contribution < -0.4 is 0 Å². The molecule has 104 valence electrons. The van der Waals surface area contributed by atoms with Crippen molar-refractivity contribution in [2.24, 2.45) is 11.3 Å². The number of halogens is 2. The van der Waals surface area contributed by atoms with Gasteiger partial charge in [-0.25, -0.2) is 4.39 Å². The number of nitrogens with zero attached hydrogens (tertiary/aromatic N) is 1. The van der Waals surface area contributed by atoms with Crippen LogP contribution in [0.3, 0.4) is 0 Å². The summed E-state index contributed by atoms with van der Waals surface area (Å²) in [5.74, 6) is 0.179. The minimum Gasteiger partial charge on any atom is -0.338 e. The standard InChI is InChI=1S/C15H19BrFNO/c1-15(2,3)11-6-7-18(9-11)14(19)10-4-5-13(17)12(16)8-10/h4-5,8,11H,6-7,9H2,1-3H3. The first kappa shape index (κ1) is 14.5. The van der Waals surface area contributed by atoms with Crippen molar-refractivity contribution in [3.8, 4) is 0 Å². The van der Waals surface area contributed by atoms with Crippen LogP contribution in [0.4, 0.5) is 4.39 Å². The zero-order valence-electron chi connectivity index (χ0n) is 11.5. The lowest BCUT2D eigenvalue weighted by Gasteiger charge is -2.27. The smallest absolute Gasteiger partial charge is 0.253 e. The first-order valence-electron chi connectivity index (χ1n) is 6.53. The number of carbonyl (C=O) groups excluding carboxylic acids is 1. The Bertz CT molecular complexity index is 495. The third kappa shape index (κ3) is 3.16. The molecule has 1 fully saturated rings. The number of carbonyl (C=O) groups is 1. The van der Waals surface area contributed by atoms with Crippen molar-refractivity contribution in [2.75, 3.05) is 13.1 Å². The molecule has 1 aromatic rings. The average molecular weight is 328 g/mol. The lowest BCUT2D eigenvalue weighted by Crippen LogP contribution is -2.31. The Morgan fingerprint density at radius 3 is 2.63 bits per heavy atom. The van der Waals surface area contributed by atoms with Crippen LogP contribution in [0.15, 0.2) is 22.7 Å². The molecule has 2 rings (SSSR count). The third-order valence-corrected chi connectivity index (χ3v) is 4.47. The van der Waals surface area contributed by atoms with E-state index >= 15 is 0 Å². The molecule has 1 aliphatic rings. The summed E-state index contributed by atoms with van der Waals surface area (Å²) < 4.78 is 13.5. The minimum atomic E-state index is -0.342. The van der Waals surface area contributed by atoms with Gasteiger partial charge in [0, 0.05) is 18.7 Å². The Morgan fingerprint density at radius 1 is 1.42 bits per heavy atom. The highest BCUT2D eigenvalue weighted by atomic mass is 79.9. The first-order valence-corrected chi connectivity index (χ1v) is 7.32. The summed E-state index contributed by atoms with van der Waals surface area (Å²) in [6.45, 7) is 8.20. The first-order chi connectivity index (χ1) is 8.79. The second kappa shape index (κ2) is 5.23. The number of amides is 1. The van der Waals surface area contributed by atoms with Crippen molar-refractivity contribution in [1.82, 2.24) is 4.90 Å². The molecule has 1 atom stereocenters. The molecule has 0 N–H and O–H groups in total. The van der Waals surface area contributed by atoms with Crippen molar-refractivity contribution in [2.45, 2.75) is 27.2 Å². The Hall–Kier alpha value is -0.900. The Balaban J connectivity index is 2.11. The summed E-state index contributed by atoms with van der Waals surface area (Å²) in [5.41, 5.74) is 0.765. The van der Waals surface area contributed by atoms with Gasteiger partial charge in [0.25, 0.3) is 5.91 Å². The van der Waals surface area contributed by atoms with Gasteiger partial charge in [-0.15, -0.1) is 0 Å². The number of hydrogen-bond donors (Lipinski definition) is 0. The van der Waals surface area contributed by atoms with Crippen molar-refractivity contribution in [1.29, 1.82) is 0 Å². The van der Waals surface area contributed by atoms with E-state index in [2.05, 4.69) is 36.7 Å². The molecule has 1 saturated heterocycles. The summed E-state index contributed by atoms with van der Waals surface area (Å²) >= 11 is 3.12. The van der Waals surface area contributed by atoms with Gasteiger partial charge in [0.1, 0.15) is 5.82 Å². The Labute approximate surface area is 122 Å². The number of rotatable bonds is 1. The SMILES string of the molecule is CC(C)(C)C1CCN(C(=O)c2ccc(F)c(Br)c2)C1. The number of benzene rings is 1. The highest BCUT2D eigenvalue weighted by molar-refractivity contribution is 9.10. The summed E-state index contributed by atoms with van der Waals surface area (Å²) in [6.07, 6.45) is 1.04. The van der Waals surface area contributed by atoms with E-state index in [9.17, 15) is 9.18 Å². The van der Waals surface area contributed by atoms with E-state index in [1.807, 2.05) is 4.90 Å². The summed E-state index contributed by atoms with van der Waals surface area (Å²) in [4.78, 5) is 14.2. The molecule has 0 aromatic heterocycles. The molecular weight excluding hydrogens is 309 g/mol. The van der Waals surface area contributed by atoms with Crippen LogP contribution in [0.2, 0.25) is 0 Å².